The van der Waals surface area contributed by atoms with Crippen LogP contribution in [0.1, 0.15) is 27.5 Å². The second-order valence-electron chi connectivity index (χ2n) is 7.24. The molecule has 1 aliphatic rings. The second-order valence-corrected chi connectivity index (χ2v) is 7.24. The lowest BCUT2D eigenvalue weighted by Crippen LogP contribution is -2.43. The third kappa shape index (κ3) is 6.55. The van der Waals surface area contributed by atoms with E-state index in [1.807, 2.05) is 4.90 Å². The third-order valence-electron chi connectivity index (χ3n) is 5.21. The van der Waals surface area contributed by atoms with Crippen molar-refractivity contribution in [1.29, 1.82) is 0 Å². The molecule has 180 valence electrons. The van der Waals surface area contributed by atoms with Gasteiger partial charge < -0.3 is 19.5 Å². The highest BCUT2D eigenvalue weighted by molar-refractivity contribution is 5.94. The second kappa shape index (κ2) is 10.8. The van der Waals surface area contributed by atoms with Crippen molar-refractivity contribution in [3.05, 3.63) is 59.2 Å². The van der Waals surface area contributed by atoms with Crippen LogP contribution in [0, 0.1) is 0 Å². The van der Waals surface area contributed by atoms with Gasteiger partial charge in [0.2, 0.25) is 0 Å². The molecule has 2 aromatic carbocycles. The average molecular weight is 474 g/mol. The van der Waals surface area contributed by atoms with E-state index in [0.29, 0.717) is 31.9 Å². The van der Waals surface area contributed by atoms with Crippen molar-refractivity contribution in [2.24, 2.45) is 0 Å². The Bertz CT molecular complexity index is 931. The Morgan fingerprint density at radius 2 is 1.76 bits per heavy atom. The van der Waals surface area contributed by atoms with Crippen LogP contribution in [0.5, 0.6) is 11.5 Å². The van der Waals surface area contributed by atoms with Gasteiger partial charge >= 0.3 is 12.8 Å². The summed E-state index contributed by atoms with van der Waals surface area (Å²) < 4.78 is 78.8. The highest BCUT2D eigenvalue weighted by Gasteiger charge is 2.31. The molecule has 1 aliphatic heterocycles. The maximum absolute atomic E-state index is 12.9. The molecule has 11 heteroatoms. The van der Waals surface area contributed by atoms with Crippen molar-refractivity contribution in [3.63, 3.8) is 0 Å². The number of nitrogens with one attached hydrogen (secondary N) is 1. The number of hydrogen-bond acceptors (Lipinski definition) is 5. The molecular formula is C22H23F5N2O4. The minimum atomic E-state index is -4.45. The number of carbonyl (C=O) groups is 1. The Morgan fingerprint density at radius 3 is 2.33 bits per heavy atom. The lowest BCUT2D eigenvalue weighted by Gasteiger charge is -2.35. The first-order chi connectivity index (χ1) is 15.7. The first kappa shape index (κ1) is 24.7. The van der Waals surface area contributed by atoms with Crippen LogP contribution in [0.4, 0.5) is 22.0 Å². The summed E-state index contributed by atoms with van der Waals surface area (Å²) in [7, 11) is 1.28. The van der Waals surface area contributed by atoms with Crippen molar-refractivity contribution in [2.45, 2.75) is 18.8 Å². The van der Waals surface area contributed by atoms with Gasteiger partial charge in [0.25, 0.3) is 5.91 Å². The van der Waals surface area contributed by atoms with Crippen LogP contribution in [0.3, 0.4) is 0 Å². The molecule has 3 rings (SSSR count). The molecule has 0 radical (unpaired) electrons. The first-order valence-corrected chi connectivity index (χ1v) is 10.1. The number of ether oxygens (including phenoxy) is 3. The van der Waals surface area contributed by atoms with Gasteiger partial charge in [-0.05, 0) is 35.9 Å². The molecule has 6 nitrogen and oxygen atoms in total. The van der Waals surface area contributed by atoms with Crippen LogP contribution >= 0.6 is 0 Å². The van der Waals surface area contributed by atoms with Crippen molar-refractivity contribution < 1.29 is 41.0 Å². The van der Waals surface area contributed by atoms with E-state index in [0.717, 1.165) is 18.2 Å². The molecule has 1 atom stereocenters. The number of rotatable bonds is 8. The zero-order valence-corrected chi connectivity index (χ0v) is 17.7. The summed E-state index contributed by atoms with van der Waals surface area (Å²) in [6, 6.07) is 8.24. The van der Waals surface area contributed by atoms with Gasteiger partial charge in [-0.25, -0.2) is 0 Å². The molecule has 0 saturated carbocycles. The molecular weight excluding hydrogens is 451 g/mol. The minimum Gasteiger partial charge on any atom is -0.493 e. The molecule has 1 N–H and O–H groups in total. The molecule has 1 heterocycles. The number of halogens is 5. The van der Waals surface area contributed by atoms with Gasteiger partial charge in [-0.3, -0.25) is 9.69 Å². The summed E-state index contributed by atoms with van der Waals surface area (Å²) >= 11 is 0. The number of morpholine rings is 1. The lowest BCUT2D eigenvalue weighted by atomic mass is 10.0. The summed E-state index contributed by atoms with van der Waals surface area (Å²) in [5.41, 5.74) is -0.0953. The number of hydrogen-bond donors (Lipinski definition) is 1. The van der Waals surface area contributed by atoms with Crippen LogP contribution in [0.25, 0.3) is 0 Å². The summed E-state index contributed by atoms with van der Waals surface area (Å²) in [5.74, 6) is -0.794. The predicted molar refractivity (Wildman–Crippen MR) is 109 cm³/mol. The molecule has 0 aliphatic carbocycles. The summed E-state index contributed by atoms with van der Waals surface area (Å²) in [6.45, 7) is -1.02. The zero-order chi connectivity index (χ0) is 24.0. The Labute approximate surface area is 187 Å². The van der Waals surface area contributed by atoms with E-state index in [-0.39, 0.29) is 23.6 Å². The van der Waals surface area contributed by atoms with Crippen molar-refractivity contribution in [1.82, 2.24) is 10.2 Å². The molecule has 1 fully saturated rings. The Morgan fingerprint density at radius 1 is 1.09 bits per heavy atom. The average Bonchev–Trinajstić information content (AvgIpc) is 2.79. The predicted octanol–water partition coefficient (Wildman–Crippen LogP) is 4.12. The SMILES string of the molecule is COc1ccc(C(=O)NCC(c2ccc(C(F)(F)F)cc2)N2CCOCC2)cc1OC(F)F. The van der Waals surface area contributed by atoms with Gasteiger partial charge in [-0.1, -0.05) is 12.1 Å². The first-order valence-electron chi connectivity index (χ1n) is 10.1. The molecule has 1 unspecified atom stereocenters. The minimum absolute atomic E-state index is 0.0443. The molecule has 0 spiro atoms. The van der Waals surface area contributed by atoms with E-state index in [1.54, 1.807) is 0 Å². The Kier molecular flexibility index (Phi) is 8.09. The zero-order valence-electron chi connectivity index (χ0n) is 17.7. The summed E-state index contributed by atoms with van der Waals surface area (Å²) in [5, 5.41) is 2.73. The van der Waals surface area contributed by atoms with E-state index in [4.69, 9.17) is 9.47 Å². The monoisotopic (exact) mass is 474 g/mol. The maximum Gasteiger partial charge on any atom is 0.416 e. The Hall–Kier alpha value is -2.92. The van der Waals surface area contributed by atoms with Crippen LogP contribution < -0.4 is 14.8 Å². The quantitative estimate of drug-likeness (QED) is 0.584. The van der Waals surface area contributed by atoms with Crippen molar-refractivity contribution in [3.8, 4) is 11.5 Å². The normalized spacial score (nSPS) is 15.8. The van der Waals surface area contributed by atoms with Gasteiger partial charge in [0, 0.05) is 25.2 Å². The van der Waals surface area contributed by atoms with Crippen LogP contribution in [-0.4, -0.2) is 57.4 Å². The number of alkyl halides is 5. The molecule has 1 amide bonds. The van der Waals surface area contributed by atoms with Crippen LogP contribution in [0.2, 0.25) is 0 Å². The number of amides is 1. The van der Waals surface area contributed by atoms with Crippen molar-refractivity contribution in [2.75, 3.05) is 40.0 Å². The topological polar surface area (TPSA) is 60.0 Å². The molecule has 2 aromatic rings. The standard InChI is InChI=1S/C22H23F5N2O4/c1-31-18-7-4-15(12-19(18)33-21(23)24)20(30)28-13-17(29-8-10-32-11-9-29)14-2-5-16(6-3-14)22(25,26)27/h2-7,12,17,21H,8-11,13H2,1H3,(H,28,30). The largest absolute Gasteiger partial charge is 0.493 e. The molecule has 1 saturated heterocycles. The van der Waals surface area contributed by atoms with E-state index < -0.39 is 30.3 Å². The van der Waals surface area contributed by atoms with E-state index in [9.17, 15) is 26.7 Å². The molecule has 0 aromatic heterocycles. The van der Waals surface area contributed by atoms with E-state index >= 15 is 0 Å². The number of methoxy groups -OCH3 is 1. The van der Waals surface area contributed by atoms with Crippen LogP contribution in [0.15, 0.2) is 42.5 Å². The fourth-order valence-electron chi connectivity index (χ4n) is 3.54. The molecule has 33 heavy (non-hydrogen) atoms. The van der Waals surface area contributed by atoms with Gasteiger partial charge in [-0.2, -0.15) is 22.0 Å². The fraction of sp³-hybridized carbons (Fsp3) is 0.409. The molecule has 0 bridgehead atoms. The summed E-state index contributed by atoms with van der Waals surface area (Å²) in [4.78, 5) is 14.7. The van der Waals surface area contributed by atoms with Crippen LogP contribution in [-0.2, 0) is 10.9 Å². The van der Waals surface area contributed by atoms with E-state index in [2.05, 4.69) is 10.1 Å². The highest BCUT2D eigenvalue weighted by atomic mass is 19.4. The smallest absolute Gasteiger partial charge is 0.416 e. The highest BCUT2D eigenvalue weighted by Crippen LogP contribution is 2.32. The van der Waals surface area contributed by atoms with Gasteiger partial charge in [-0.15, -0.1) is 0 Å². The van der Waals surface area contributed by atoms with Gasteiger partial charge in [0.05, 0.1) is 31.9 Å². The fourth-order valence-corrected chi connectivity index (χ4v) is 3.54. The number of benzene rings is 2. The number of nitrogens with zero attached hydrogens (tertiary/aromatic N) is 1. The lowest BCUT2D eigenvalue weighted by molar-refractivity contribution is -0.137. The third-order valence-corrected chi connectivity index (χ3v) is 5.21. The number of carbonyl (C=O) groups excluding carboxylic acids is 1. The van der Waals surface area contributed by atoms with Crippen molar-refractivity contribution >= 4 is 5.91 Å². The van der Waals surface area contributed by atoms with E-state index in [1.165, 1.54) is 31.4 Å². The maximum atomic E-state index is 12.9. The Balaban J connectivity index is 1.77. The summed E-state index contributed by atoms with van der Waals surface area (Å²) in [6.07, 6.45) is -4.45. The van der Waals surface area contributed by atoms with Gasteiger partial charge in [0.15, 0.2) is 11.5 Å². The van der Waals surface area contributed by atoms with Gasteiger partial charge in [0.1, 0.15) is 0 Å².